The van der Waals surface area contributed by atoms with Gasteiger partial charge in [-0.2, -0.15) is 5.10 Å². The van der Waals surface area contributed by atoms with Crippen LogP contribution >= 0.6 is 0 Å². The molecule has 0 spiro atoms. The lowest BCUT2D eigenvalue weighted by molar-refractivity contribution is 0.405. The molecule has 0 aliphatic heterocycles. The zero-order valence-electron chi connectivity index (χ0n) is 11.4. The van der Waals surface area contributed by atoms with Crippen LogP contribution in [0.1, 0.15) is 5.76 Å². The summed E-state index contributed by atoms with van der Waals surface area (Å²) in [5.41, 5.74) is 0.805. The summed E-state index contributed by atoms with van der Waals surface area (Å²) in [4.78, 5) is 0. The minimum absolute atomic E-state index is 0.694. The summed E-state index contributed by atoms with van der Waals surface area (Å²) in [5.74, 6) is 1.68. The summed E-state index contributed by atoms with van der Waals surface area (Å²) in [6.07, 6.45) is 3.74. The second-order valence-electron chi connectivity index (χ2n) is 4.54. The van der Waals surface area contributed by atoms with Crippen molar-refractivity contribution in [2.24, 2.45) is 0 Å². The topological polar surface area (TPSA) is 52.2 Å². The van der Waals surface area contributed by atoms with Crippen LogP contribution in [0.5, 0.6) is 5.75 Å². The minimum Gasteiger partial charge on any atom is -0.493 e. The Morgan fingerprint density at radius 3 is 3.10 bits per heavy atom. The molecule has 3 rings (SSSR count). The van der Waals surface area contributed by atoms with Crippen LogP contribution in [0.25, 0.3) is 11.0 Å². The van der Waals surface area contributed by atoms with Crippen molar-refractivity contribution in [1.29, 1.82) is 0 Å². The van der Waals surface area contributed by atoms with Gasteiger partial charge in [-0.05, 0) is 18.2 Å². The third-order valence-corrected chi connectivity index (χ3v) is 3.16. The van der Waals surface area contributed by atoms with Gasteiger partial charge in [0.25, 0.3) is 0 Å². The summed E-state index contributed by atoms with van der Waals surface area (Å²) >= 11 is 0. The van der Waals surface area contributed by atoms with Crippen LogP contribution < -0.4 is 10.1 Å². The Balaban J connectivity index is 1.60. The summed E-state index contributed by atoms with van der Waals surface area (Å²) in [6, 6.07) is 9.85. The second kappa shape index (κ2) is 5.79. The number of ether oxygens (including phenoxy) is 1. The van der Waals surface area contributed by atoms with Gasteiger partial charge >= 0.3 is 0 Å². The number of para-hydroxylation sites is 1. The molecule has 20 heavy (non-hydrogen) atoms. The molecule has 1 aromatic carbocycles. The Bertz CT molecular complexity index is 674. The molecule has 0 atom stereocenters. The number of fused-ring (bicyclic) bond motifs is 1. The first-order valence-corrected chi connectivity index (χ1v) is 6.60. The number of methoxy groups -OCH3 is 1. The van der Waals surface area contributed by atoms with Crippen molar-refractivity contribution in [2.75, 3.05) is 13.7 Å². The van der Waals surface area contributed by atoms with E-state index >= 15 is 0 Å². The first kappa shape index (κ1) is 12.7. The molecule has 0 aliphatic rings. The van der Waals surface area contributed by atoms with Gasteiger partial charge in [0, 0.05) is 24.3 Å². The van der Waals surface area contributed by atoms with Crippen LogP contribution in [0.15, 0.2) is 47.1 Å². The van der Waals surface area contributed by atoms with E-state index in [1.807, 2.05) is 41.2 Å². The van der Waals surface area contributed by atoms with Crippen molar-refractivity contribution in [2.45, 2.75) is 13.1 Å². The van der Waals surface area contributed by atoms with Crippen LogP contribution in [-0.4, -0.2) is 23.4 Å². The van der Waals surface area contributed by atoms with E-state index in [0.29, 0.717) is 6.54 Å². The lowest BCUT2D eigenvalue weighted by Crippen LogP contribution is -2.19. The van der Waals surface area contributed by atoms with Gasteiger partial charge in [-0.3, -0.25) is 4.68 Å². The summed E-state index contributed by atoms with van der Waals surface area (Å²) in [6.45, 7) is 2.38. The largest absolute Gasteiger partial charge is 0.493 e. The smallest absolute Gasteiger partial charge is 0.176 e. The highest BCUT2D eigenvalue weighted by atomic mass is 16.5. The maximum Gasteiger partial charge on any atom is 0.176 e. The lowest BCUT2D eigenvalue weighted by Gasteiger charge is -2.03. The molecule has 1 N–H and O–H groups in total. The van der Waals surface area contributed by atoms with E-state index in [2.05, 4.69) is 10.4 Å². The fourth-order valence-electron chi connectivity index (χ4n) is 2.18. The molecule has 0 aliphatic carbocycles. The molecular weight excluding hydrogens is 254 g/mol. The molecule has 104 valence electrons. The Hall–Kier alpha value is -2.27. The van der Waals surface area contributed by atoms with Gasteiger partial charge in [-0.25, -0.2) is 0 Å². The number of aromatic nitrogens is 2. The van der Waals surface area contributed by atoms with E-state index in [9.17, 15) is 0 Å². The van der Waals surface area contributed by atoms with Gasteiger partial charge in [0.2, 0.25) is 0 Å². The number of hydrogen-bond donors (Lipinski definition) is 1. The highest BCUT2D eigenvalue weighted by Crippen LogP contribution is 2.28. The van der Waals surface area contributed by atoms with Gasteiger partial charge in [0.05, 0.1) is 20.2 Å². The quantitative estimate of drug-likeness (QED) is 0.700. The van der Waals surface area contributed by atoms with Crippen molar-refractivity contribution in [3.8, 4) is 5.75 Å². The maximum atomic E-state index is 5.82. The number of benzene rings is 1. The molecule has 3 aromatic rings. The molecule has 0 unspecified atom stereocenters. The van der Waals surface area contributed by atoms with E-state index in [1.165, 1.54) is 0 Å². The summed E-state index contributed by atoms with van der Waals surface area (Å²) in [7, 11) is 1.65. The predicted octanol–water partition coefficient (Wildman–Crippen LogP) is 2.43. The highest BCUT2D eigenvalue weighted by molar-refractivity contribution is 5.83. The molecule has 0 saturated carbocycles. The first-order valence-electron chi connectivity index (χ1n) is 6.60. The molecule has 0 fully saturated rings. The Labute approximate surface area is 117 Å². The molecule has 0 radical (unpaired) electrons. The second-order valence-corrected chi connectivity index (χ2v) is 4.54. The van der Waals surface area contributed by atoms with Crippen LogP contribution in [-0.2, 0) is 13.1 Å². The number of rotatable bonds is 6. The average Bonchev–Trinajstić information content (AvgIpc) is 3.11. The molecule has 0 amide bonds. The van der Waals surface area contributed by atoms with Crippen molar-refractivity contribution < 1.29 is 9.15 Å². The van der Waals surface area contributed by atoms with E-state index in [-0.39, 0.29) is 0 Å². The number of nitrogens with one attached hydrogen (secondary N) is 1. The van der Waals surface area contributed by atoms with Gasteiger partial charge in [-0.15, -0.1) is 0 Å². The normalized spacial score (nSPS) is 11.1. The van der Waals surface area contributed by atoms with Gasteiger partial charge in [0.15, 0.2) is 11.3 Å². The minimum atomic E-state index is 0.694. The van der Waals surface area contributed by atoms with Gasteiger partial charge in [-0.1, -0.05) is 12.1 Å². The van der Waals surface area contributed by atoms with E-state index in [4.69, 9.17) is 9.15 Å². The SMILES string of the molecule is COc1cccc2cc(CNCCn3cccn3)oc12. The molecule has 2 aromatic heterocycles. The summed E-state index contributed by atoms with van der Waals surface area (Å²) in [5, 5.41) is 8.56. The fourth-order valence-corrected chi connectivity index (χ4v) is 2.18. The molecular formula is C15H17N3O2. The number of furan rings is 1. The standard InChI is InChI=1S/C15H17N3O2/c1-19-14-5-2-4-12-10-13(20-15(12)14)11-16-7-9-18-8-3-6-17-18/h2-6,8,10,16H,7,9,11H2,1H3. The molecule has 2 heterocycles. The average molecular weight is 271 g/mol. The van der Waals surface area contributed by atoms with Gasteiger partial charge < -0.3 is 14.5 Å². The first-order chi connectivity index (χ1) is 9.86. The Morgan fingerprint density at radius 2 is 2.30 bits per heavy atom. The monoisotopic (exact) mass is 271 g/mol. The number of hydrogen-bond acceptors (Lipinski definition) is 4. The molecule has 0 saturated heterocycles. The zero-order valence-corrected chi connectivity index (χ0v) is 11.4. The molecule has 0 bridgehead atoms. The van der Waals surface area contributed by atoms with Crippen LogP contribution in [0.4, 0.5) is 0 Å². The van der Waals surface area contributed by atoms with Gasteiger partial charge in [0.1, 0.15) is 5.76 Å². The zero-order chi connectivity index (χ0) is 13.8. The predicted molar refractivity (Wildman–Crippen MR) is 76.7 cm³/mol. The molecule has 5 nitrogen and oxygen atoms in total. The summed E-state index contributed by atoms with van der Waals surface area (Å²) < 4.78 is 13.0. The van der Waals surface area contributed by atoms with Crippen LogP contribution in [0, 0.1) is 0 Å². The van der Waals surface area contributed by atoms with Crippen LogP contribution in [0.3, 0.4) is 0 Å². The van der Waals surface area contributed by atoms with Crippen molar-refractivity contribution in [1.82, 2.24) is 15.1 Å². The van der Waals surface area contributed by atoms with Crippen molar-refractivity contribution in [3.05, 3.63) is 48.5 Å². The Morgan fingerprint density at radius 1 is 1.35 bits per heavy atom. The van der Waals surface area contributed by atoms with E-state index in [1.54, 1.807) is 13.3 Å². The van der Waals surface area contributed by atoms with E-state index in [0.717, 1.165) is 35.6 Å². The number of nitrogens with zero attached hydrogens (tertiary/aromatic N) is 2. The van der Waals surface area contributed by atoms with E-state index < -0.39 is 0 Å². The third kappa shape index (κ3) is 2.67. The highest BCUT2D eigenvalue weighted by Gasteiger charge is 2.07. The van der Waals surface area contributed by atoms with Crippen molar-refractivity contribution >= 4 is 11.0 Å². The Kier molecular flexibility index (Phi) is 3.69. The fraction of sp³-hybridized carbons (Fsp3) is 0.267. The van der Waals surface area contributed by atoms with Crippen LogP contribution in [0.2, 0.25) is 0 Å². The maximum absolute atomic E-state index is 5.82. The third-order valence-electron chi connectivity index (χ3n) is 3.16. The lowest BCUT2D eigenvalue weighted by atomic mass is 10.2. The molecule has 5 heteroatoms. The van der Waals surface area contributed by atoms with Crippen molar-refractivity contribution in [3.63, 3.8) is 0 Å².